The van der Waals surface area contributed by atoms with Gasteiger partial charge in [-0.3, -0.25) is 9.97 Å². The number of hydrogen-bond acceptors (Lipinski definition) is 6. The standard InChI is InChI=1S/C57H34N4O2S/c62-64(63)52-23-11-8-20-44(52)55-53(64)29-27-47-54(55)43-19-7-10-22-46(43)57(47)45-21-9-6-18-41(45)39-16-4-5-17-40(39)42-26-24-36(31-48(42)57)56-60-50(35-13-2-1-3-14-35)32-51(61-56)38-25-28-49(59-34-38)37-15-12-30-58-33-37/h1-34H. The molecule has 3 aliphatic rings. The highest BCUT2D eigenvalue weighted by Crippen LogP contribution is 2.64. The third-order valence-corrected chi connectivity index (χ3v) is 15.1. The van der Waals surface area contributed by atoms with E-state index in [9.17, 15) is 8.42 Å². The molecule has 0 saturated heterocycles. The smallest absolute Gasteiger partial charge is 0.207 e. The Kier molecular flexibility index (Phi) is 7.81. The van der Waals surface area contributed by atoms with E-state index in [0.29, 0.717) is 15.6 Å². The summed E-state index contributed by atoms with van der Waals surface area (Å²) in [6, 6.07) is 64.1. The summed E-state index contributed by atoms with van der Waals surface area (Å²) in [7, 11) is -3.74. The maximum Gasteiger partial charge on any atom is 0.207 e. The number of sulfone groups is 1. The predicted octanol–water partition coefficient (Wildman–Crippen LogP) is 12.8. The molecule has 0 radical (unpaired) electrons. The normalized spacial score (nSPS) is 15.5. The zero-order valence-corrected chi connectivity index (χ0v) is 35.0. The van der Waals surface area contributed by atoms with Crippen molar-refractivity contribution in [2.45, 2.75) is 15.2 Å². The first-order valence-electron chi connectivity index (χ1n) is 21.3. The largest absolute Gasteiger partial charge is 0.264 e. The van der Waals surface area contributed by atoms with Crippen molar-refractivity contribution in [3.8, 4) is 89.7 Å². The highest BCUT2D eigenvalue weighted by atomic mass is 32.2. The zero-order valence-electron chi connectivity index (χ0n) is 34.1. The van der Waals surface area contributed by atoms with E-state index in [1.54, 1.807) is 12.3 Å². The number of rotatable bonds is 4. The first kappa shape index (κ1) is 36.5. The molecule has 300 valence electrons. The van der Waals surface area contributed by atoms with Gasteiger partial charge in [0.2, 0.25) is 9.84 Å². The lowest BCUT2D eigenvalue weighted by atomic mass is 9.65. The second kappa shape index (κ2) is 13.7. The Morgan fingerprint density at radius 1 is 0.375 bits per heavy atom. The van der Waals surface area contributed by atoms with E-state index in [-0.39, 0.29) is 0 Å². The summed E-state index contributed by atoms with van der Waals surface area (Å²) in [5, 5.41) is 0. The Balaban J connectivity index is 1.11. The van der Waals surface area contributed by atoms with Crippen LogP contribution in [0, 0.1) is 0 Å². The van der Waals surface area contributed by atoms with Crippen molar-refractivity contribution in [3.05, 3.63) is 229 Å². The Labute approximate surface area is 370 Å². The van der Waals surface area contributed by atoms with E-state index >= 15 is 0 Å². The molecule has 1 unspecified atom stereocenters. The van der Waals surface area contributed by atoms with Crippen LogP contribution >= 0.6 is 0 Å². The fraction of sp³-hybridized carbons (Fsp3) is 0.0175. The lowest BCUT2D eigenvalue weighted by Gasteiger charge is -2.35. The molecule has 6 nitrogen and oxygen atoms in total. The third-order valence-electron chi connectivity index (χ3n) is 13.2. The lowest BCUT2D eigenvalue weighted by Crippen LogP contribution is -2.29. The van der Waals surface area contributed by atoms with E-state index in [2.05, 4.69) is 120 Å². The summed E-state index contributed by atoms with van der Waals surface area (Å²) < 4.78 is 28.6. The molecule has 1 spiro atoms. The van der Waals surface area contributed by atoms with E-state index in [4.69, 9.17) is 15.0 Å². The van der Waals surface area contributed by atoms with Gasteiger partial charge in [0.1, 0.15) is 0 Å². The van der Waals surface area contributed by atoms with E-state index in [0.717, 1.165) is 106 Å². The minimum Gasteiger partial charge on any atom is -0.264 e. The van der Waals surface area contributed by atoms with Gasteiger partial charge in [-0.2, -0.15) is 0 Å². The molecule has 4 heterocycles. The van der Waals surface area contributed by atoms with Gasteiger partial charge in [-0.1, -0.05) is 140 Å². The van der Waals surface area contributed by atoms with Gasteiger partial charge in [-0.05, 0) is 104 Å². The molecule has 0 amide bonds. The third kappa shape index (κ3) is 5.10. The molecule has 0 N–H and O–H groups in total. The Bertz CT molecular complexity index is 3680. The van der Waals surface area contributed by atoms with Crippen LogP contribution in [0.2, 0.25) is 0 Å². The van der Waals surface area contributed by atoms with Crippen molar-refractivity contribution in [2.75, 3.05) is 0 Å². The topological polar surface area (TPSA) is 85.7 Å². The van der Waals surface area contributed by atoms with Crippen LogP contribution in [0.1, 0.15) is 22.3 Å². The molecular formula is C57H34N4O2S. The monoisotopic (exact) mass is 838 g/mol. The van der Waals surface area contributed by atoms with Crippen LogP contribution in [0.5, 0.6) is 0 Å². The number of pyridine rings is 2. The molecule has 10 aromatic rings. The van der Waals surface area contributed by atoms with Gasteiger partial charge in [0.25, 0.3) is 0 Å². The SMILES string of the molecule is O=S1(=O)c2ccccc2-c2c1ccc1c2-c2ccccc2C12c1ccccc1-c1ccccc1-c1ccc(-c3nc(-c4ccccc4)cc(-c4ccc(-c5cccnc5)nc4)n3)cc12. The van der Waals surface area contributed by atoms with E-state index in [1.807, 2.05) is 79.1 Å². The number of nitrogens with zero attached hydrogens (tertiary/aromatic N) is 4. The van der Waals surface area contributed by atoms with Crippen LogP contribution in [0.25, 0.3) is 89.7 Å². The molecule has 7 heteroatoms. The van der Waals surface area contributed by atoms with Crippen molar-refractivity contribution >= 4 is 9.84 Å². The summed E-state index contributed by atoms with van der Waals surface area (Å²) in [6.07, 6.45) is 5.44. The molecule has 0 bridgehead atoms. The summed E-state index contributed by atoms with van der Waals surface area (Å²) in [6.45, 7) is 0. The predicted molar refractivity (Wildman–Crippen MR) is 252 cm³/mol. The average molecular weight is 839 g/mol. The van der Waals surface area contributed by atoms with Crippen LogP contribution in [-0.2, 0) is 15.3 Å². The fourth-order valence-electron chi connectivity index (χ4n) is 10.5. The van der Waals surface area contributed by atoms with Crippen molar-refractivity contribution < 1.29 is 8.42 Å². The van der Waals surface area contributed by atoms with Crippen molar-refractivity contribution in [1.29, 1.82) is 0 Å². The van der Waals surface area contributed by atoms with Gasteiger partial charge in [0.15, 0.2) is 5.82 Å². The summed E-state index contributed by atoms with van der Waals surface area (Å²) in [5.74, 6) is 0.580. The van der Waals surface area contributed by atoms with Crippen LogP contribution in [0.3, 0.4) is 0 Å². The highest BCUT2D eigenvalue weighted by Gasteiger charge is 2.52. The molecule has 1 atom stereocenters. The summed E-state index contributed by atoms with van der Waals surface area (Å²) >= 11 is 0. The van der Waals surface area contributed by atoms with Crippen molar-refractivity contribution in [3.63, 3.8) is 0 Å². The molecule has 0 saturated carbocycles. The summed E-state index contributed by atoms with van der Waals surface area (Å²) in [4.78, 5) is 20.5. The zero-order chi connectivity index (χ0) is 42.6. The Morgan fingerprint density at radius 2 is 0.984 bits per heavy atom. The number of aromatic nitrogens is 4. The van der Waals surface area contributed by atoms with Crippen LogP contribution < -0.4 is 0 Å². The van der Waals surface area contributed by atoms with Gasteiger partial charge in [0.05, 0.1) is 32.3 Å². The highest BCUT2D eigenvalue weighted by molar-refractivity contribution is 7.92. The van der Waals surface area contributed by atoms with Gasteiger partial charge < -0.3 is 0 Å². The van der Waals surface area contributed by atoms with E-state index < -0.39 is 15.3 Å². The molecule has 2 aliphatic carbocycles. The molecule has 0 fully saturated rings. The van der Waals surface area contributed by atoms with Crippen LogP contribution in [0.4, 0.5) is 0 Å². The number of hydrogen-bond donors (Lipinski definition) is 0. The van der Waals surface area contributed by atoms with Gasteiger partial charge in [0, 0.05) is 52.0 Å². The summed E-state index contributed by atoms with van der Waals surface area (Å²) in [5.41, 5.74) is 17.4. The molecule has 7 aromatic carbocycles. The average Bonchev–Trinajstić information content (AvgIpc) is 3.75. The number of fused-ring (bicyclic) bond motifs is 16. The Morgan fingerprint density at radius 3 is 1.72 bits per heavy atom. The second-order valence-corrected chi connectivity index (χ2v) is 18.4. The maximum absolute atomic E-state index is 14.3. The first-order valence-corrected chi connectivity index (χ1v) is 22.8. The van der Waals surface area contributed by atoms with Crippen molar-refractivity contribution in [1.82, 2.24) is 19.9 Å². The molecule has 64 heavy (non-hydrogen) atoms. The van der Waals surface area contributed by atoms with Gasteiger partial charge in [-0.25, -0.2) is 18.4 Å². The molecule has 3 aromatic heterocycles. The maximum atomic E-state index is 14.3. The first-order chi connectivity index (χ1) is 31.5. The quantitative estimate of drug-likeness (QED) is 0.175. The Hall–Kier alpha value is -8.13. The minimum atomic E-state index is -3.74. The molecule has 13 rings (SSSR count). The molecule has 1 aliphatic heterocycles. The second-order valence-electron chi connectivity index (χ2n) is 16.5. The van der Waals surface area contributed by atoms with Crippen LogP contribution in [0.15, 0.2) is 216 Å². The van der Waals surface area contributed by atoms with Crippen molar-refractivity contribution in [2.24, 2.45) is 0 Å². The molecular weight excluding hydrogens is 805 g/mol. The van der Waals surface area contributed by atoms with Gasteiger partial charge in [-0.15, -0.1) is 0 Å². The minimum absolute atomic E-state index is 0.347. The lowest BCUT2D eigenvalue weighted by molar-refractivity contribution is 0.598. The van der Waals surface area contributed by atoms with E-state index in [1.165, 1.54) is 0 Å². The fourth-order valence-corrected chi connectivity index (χ4v) is 12.2. The number of benzene rings is 7. The van der Waals surface area contributed by atoms with Gasteiger partial charge >= 0.3 is 0 Å². The van der Waals surface area contributed by atoms with Crippen LogP contribution in [-0.4, -0.2) is 28.4 Å².